The molecule has 0 aliphatic carbocycles. The zero-order valence-corrected chi connectivity index (χ0v) is 6.39. The summed E-state index contributed by atoms with van der Waals surface area (Å²) in [6.45, 7) is 2.11. The van der Waals surface area contributed by atoms with Crippen molar-refractivity contribution in [3.05, 3.63) is 0 Å². The quantitative estimate of drug-likeness (QED) is 0.456. The first kappa shape index (κ1) is 7.54. The van der Waals surface area contributed by atoms with Gasteiger partial charge in [0.25, 0.3) is 0 Å². The van der Waals surface area contributed by atoms with E-state index in [0.717, 1.165) is 6.42 Å². The van der Waals surface area contributed by atoms with Gasteiger partial charge < -0.3 is 10.1 Å². The fourth-order valence-electron chi connectivity index (χ4n) is 1.09. The molecule has 3 heteroatoms. The minimum absolute atomic E-state index is 0.117. The van der Waals surface area contributed by atoms with Crippen LogP contribution in [0.2, 0.25) is 0 Å². The molecule has 0 radical (unpaired) electrons. The van der Waals surface area contributed by atoms with Crippen molar-refractivity contribution in [1.82, 2.24) is 5.32 Å². The van der Waals surface area contributed by atoms with E-state index in [1.807, 2.05) is 0 Å². The minimum Gasteiger partial charge on any atom is -0.469 e. The van der Waals surface area contributed by atoms with E-state index >= 15 is 0 Å². The van der Waals surface area contributed by atoms with Crippen LogP contribution < -0.4 is 5.32 Å². The van der Waals surface area contributed by atoms with Gasteiger partial charge in [-0.15, -0.1) is 0 Å². The molecule has 0 aromatic carbocycles. The Morgan fingerprint density at radius 3 is 2.70 bits per heavy atom. The second-order valence-corrected chi connectivity index (χ2v) is 2.57. The summed E-state index contributed by atoms with van der Waals surface area (Å²) in [7, 11) is 1.42. The third-order valence-electron chi connectivity index (χ3n) is 1.86. The van der Waals surface area contributed by atoms with Crippen LogP contribution in [0.1, 0.15) is 19.8 Å². The highest BCUT2D eigenvalue weighted by Crippen LogP contribution is 2.17. The lowest BCUT2D eigenvalue weighted by molar-refractivity contribution is -0.140. The van der Waals surface area contributed by atoms with Crippen LogP contribution >= 0.6 is 0 Å². The summed E-state index contributed by atoms with van der Waals surface area (Å²) in [5.41, 5.74) is 0. The maximum Gasteiger partial charge on any atom is 0.307 e. The average Bonchev–Trinajstić information content (AvgIpc) is 2.67. The van der Waals surface area contributed by atoms with Crippen LogP contribution in [0.4, 0.5) is 0 Å². The monoisotopic (exact) mass is 143 g/mol. The molecule has 1 heterocycles. The van der Waals surface area contributed by atoms with E-state index in [2.05, 4.69) is 17.0 Å². The van der Waals surface area contributed by atoms with Crippen LogP contribution in [0.5, 0.6) is 0 Å². The number of hydrogen-bond donors (Lipinski definition) is 1. The van der Waals surface area contributed by atoms with E-state index in [1.165, 1.54) is 7.11 Å². The van der Waals surface area contributed by atoms with Crippen LogP contribution in [-0.2, 0) is 9.53 Å². The van der Waals surface area contributed by atoms with E-state index in [4.69, 9.17) is 0 Å². The Labute approximate surface area is 60.7 Å². The van der Waals surface area contributed by atoms with E-state index in [0.29, 0.717) is 18.5 Å². The molecule has 58 valence electrons. The van der Waals surface area contributed by atoms with Crippen molar-refractivity contribution < 1.29 is 9.53 Å². The highest BCUT2D eigenvalue weighted by molar-refractivity contribution is 5.70. The van der Waals surface area contributed by atoms with E-state index in [-0.39, 0.29) is 5.97 Å². The molecule has 0 spiro atoms. The predicted molar refractivity (Wildman–Crippen MR) is 37.6 cm³/mol. The molecule has 0 amide bonds. The lowest BCUT2D eigenvalue weighted by Gasteiger charge is -1.93. The number of ether oxygens (including phenoxy) is 1. The van der Waals surface area contributed by atoms with Gasteiger partial charge >= 0.3 is 5.97 Å². The Balaban J connectivity index is 2.11. The van der Waals surface area contributed by atoms with Crippen LogP contribution in [-0.4, -0.2) is 25.2 Å². The molecule has 1 N–H and O–H groups in total. The Hall–Kier alpha value is -0.570. The number of rotatable bonds is 3. The van der Waals surface area contributed by atoms with E-state index in [1.54, 1.807) is 0 Å². The third-order valence-corrected chi connectivity index (χ3v) is 1.86. The zero-order chi connectivity index (χ0) is 7.56. The SMILES string of the molecule is CCC1NC1CC(=O)OC. The molecule has 1 aliphatic rings. The molecule has 2 unspecified atom stereocenters. The normalized spacial score (nSPS) is 29.8. The van der Waals surface area contributed by atoms with Gasteiger partial charge in [-0.25, -0.2) is 0 Å². The Kier molecular flexibility index (Phi) is 2.27. The van der Waals surface area contributed by atoms with Crippen LogP contribution in [0.15, 0.2) is 0 Å². The molecule has 0 saturated carbocycles. The first-order chi connectivity index (χ1) is 4.77. The van der Waals surface area contributed by atoms with Crippen molar-refractivity contribution in [2.75, 3.05) is 7.11 Å². The van der Waals surface area contributed by atoms with Gasteiger partial charge in [-0.05, 0) is 6.42 Å². The highest BCUT2D eigenvalue weighted by atomic mass is 16.5. The first-order valence-corrected chi connectivity index (χ1v) is 3.60. The highest BCUT2D eigenvalue weighted by Gasteiger charge is 2.35. The molecule has 3 nitrogen and oxygen atoms in total. The average molecular weight is 143 g/mol. The van der Waals surface area contributed by atoms with Crippen LogP contribution in [0, 0.1) is 0 Å². The van der Waals surface area contributed by atoms with Crippen molar-refractivity contribution in [3.63, 3.8) is 0 Å². The molecule has 0 bridgehead atoms. The van der Waals surface area contributed by atoms with Crippen molar-refractivity contribution in [2.45, 2.75) is 31.8 Å². The minimum atomic E-state index is -0.117. The van der Waals surface area contributed by atoms with Gasteiger partial charge in [0.05, 0.1) is 13.5 Å². The first-order valence-electron chi connectivity index (χ1n) is 3.60. The number of nitrogens with one attached hydrogen (secondary N) is 1. The standard InChI is InChI=1S/C7H13NO2/c1-3-5-6(8-5)4-7(9)10-2/h5-6,8H,3-4H2,1-2H3. The van der Waals surface area contributed by atoms with Crippen molar-refractivity contribution in [2.24, 2.45) is 0 Å². The number of carbonyl (C=O) groups is 1. The van der Waals surface area contributed by atoms with Crippen molar-refractivity contribution in [3.8, 4) is 0 Å². The lowest BCUT2D eigenvalue weighted by Crippen LogP contribution is -2.06. The number of carbonyl (C=O) groups excluding carboxylic acids is 1. The smallest absolute Gasteiger partial charge is 0.307 e. The van der Waals surface area contributed by atoms with Gasteiger partial charge in [-0.2, -0.15) is 0 Å². The van der Waals surface area contributed by atoms with E-state index in [9.17, 15) is 4.79 Å². The van der Waals surface area contributed by atoms with Crippen molar-refractivity contribution >= 4 is 5.97 Å². The molecule has 1 rings (SSSR count). The van der Waals surface area contributed by atoms with Gasteiger partial charge in [0.1, 0.15) is 0 Å². The van der Waals surface area contributed by atoms with E-state index < -0.39 is 0 Å². The van der Waals surface area contributed by atoms with Crippen molar-refractivity contribution in [1.29, 1.82) is 0 Å². The van der Waals surface area contributed by atoms with Gasteiger partial charge in [0.15, 0.2) is 0 Å². The summed E-state index contributed by atoms with van der Waals surface area (Å²) < 4.78 is 4.51. The second kappa shape index (κ2) is 3.01. The number of esters is 1. The summed E-state index contributed by atoms with van der Waals surface area (Å²) in [6, 6.07) is 0.941. The molecule has 1 fully saturated rings. The molecular formula is C7H13NO2. The summed E-state index contributed by atoms with van der Waals surface area (Å²) in [4.78, 5) is 10.7. The second-order valence-electron chi connectivity index (χ2n) is 2.57. The molecule has 2 atom stereocenters. The number of methoxy groups -OCH3 is 1. The lowest BCUT2D eigenvalue weighted by atomic mass is 10.2. The molecule has 0 aromatic rings. The summed E-state index contributed by atoms with van der Waals surface area (Å²) >= 11 is 0. The molecule has 1 aliphatic heterocycles. The van der Waals surface area contributed by atoms with Gasteiger partial charge in [0, 0.05) is 12.1 Å². The Morgan fingerprint density at radius 1 is 1.60 bits per heavy atom. The Bertz CT molecular complexity index is 136. The zero-order valence-electron chi connectivity index (χ0n) is 6.39. The molecule has 0 aromatic heterocycles. The predicted octanol–water partition coefficient (Wildman–Crippen LogP) is 0.300. The topological polar surface area (TPSA) is 48.2 Å². The fraction of sp³-hybridized carbons (Fsp3) is 0.857. The largest absolute Gasteiger partial charge is 0.469 e. The van der Waals surface area contributed by atoms with Crippen LogP contribution in [0.3, 0.4) is 0 Å². The van der Waals surface area contributed by atoms with Gasteiger partial charge in [0.2, 0.25) is 0 Å². The maximum atomic E-state index is 10.7. The van der Waals surface area contributed by atoms with Gasteiger partial charge in [-0.1, -0.05) is 6.92 Å². The third kappa shape index (κ3) is 1.70. The van der Waals surface area contributed by atoms with Gasteiger partial charge in [-0.3, -0.25) is 4.79 Å². The summed E-state index contributed by atoms with van der Waals surface area (Å²) in [5, 5.41) is 3.18. The summed E-state index contributed by atoms with van der Waals surface area (Å²) in [5.74, 6) is -0.117. The number of hydrogen-bond acceptors (Lipinski definition) is 3. The molecule has 10 heavy (non-hydrogen) atoms. The maximum absolute atomic E-state index is 10.7. The molecular weight excluding hydrogens is 130 g/mol. The Morgan fingerprint density at radius 2 is 2.30 bits per heavy atom. The molecule has 1 saturated heterocycles. The fourth-order valence-corrected chi connectivity index (χ4v) is 1.09. The van der Waals surface area contributed by atoms with Crippen LogP contribution in [0.25, 0.3) is 0 Å². The summed E-state index contributed by atoms with van der Waals surface area (Å²) in [6.07, 6.45) is 1.62.